The van der Waals surface area contributed by atoms with Crippen molar-refractivity contribution >= 4 is 46.0 Å². The summed E-state index contributed by atoms with van der Waals surface area (Å²) in [7, 11) is 0. The fraction of sp³-hybridized carbons (Fsp3) is 0.324. The lowest BCUT2D eigenvalue weighted by molar-refractivity contribution is -0.153. The lowest BCUT2D eigenvalue weighted by atomic mass is 9.78. The molecule has 2 amide bonds. The first-order valence-corrected chi connectivity index (χ1v) is 15.4. The smallest absolute Gasteiger partial charge is 0.311 e. The lowest BCUT2D eigenvalue weighted by Gasteiger charge is -2.38. The highest BCUT2D eigenvalue weighted by atomic mass is 32.2. The Morgan fingerprint density at radius 1 is 0.952 bits per heavy atom. The fourth-order valence-corrected chi connectivity index (χ4v) is 9.12. The number of nitrogens with zero attached hydrogens (tertiary/aromatic N) is 2. The maximum Gasteiger partial charge on any atom is 0.311 e. The van der Waals surface area contributed by atoms with Crippen LogP contribution in [-0.4, -0.2) is 63.6 Å². The molecule has 0 aliphatic carbocycles. The maximum atomic E-state index is 14.8. The predicted octanol–water partition coefficient (Wildman–Crippen LogP) is 4.67. The first-order valence-electron chi connectivity index (χ1n) is 14.5. The Balaban J connectivity index is 1.38. The molecule has 4 heterocycles. The van der Waals surface area contributed by atoms with Crippen LogP contribution in [0, 0.1) is 11.8 Å². The monoisotopic (exact) mass is 580 g/mol. The van der Waals surface area contributed by atoms with Crippen molar-refractivity contribution in [3.05, 3.63) is 103 Å². The number of esters is 1. The Kier molecular flexibility index (Phi) is 6.91. The second-order valence-electron chi connectivity index (χ2n) is 11.3. The van der Waals surface area contributed by atoms with E-state index in [-0.39, 0.29) is 23.7 Å². The van der Waals surface area contributed by atoms with Crippen LogP contribution in [0.2, 0.25) is 0 Å². The topological polar surface area (TPSA) is 87.2 Å². The van der Waals surface area contributed by atoms with E-state index in [0.29, 0.717) is 13.2 Å². The fourth-order valence-electron chi connectivity index (χ4n) is 7.13. The molecule has 8 heteroatoms. The van der Waals surface area contributed by atoms with Gasteiger partial charge in [0, 0.05) is 17.5 Å². The summed E-state index contributed by atoms with van der Waals surface area (Å²) < 4.78 is 4.67. The predicted molar refractivity (Wildman–Crippen MR) is 163 cm³/mol. The Hall–Kier alpha value is -3.88. The minimum absolute atomic E-state index is 0.225. The van der Waals surface area contributed by atoms with Crippen LogP contribution in [-0.2, 0) is 19.1 Å². The van der Waals surface area contributed by atoms with E-state index in [9.17, 15) is 19.5 Å². The van der Waals surface area contributed by atoms with E-state index in [4.69, 9.17) is 4.74 Å². The molecule has 1 N–H and O–H groups in total. The highest BCUT2D eigenvalue weighted by Gasteiger charge is 2.71. The molecule has 1 unspecified atom stereocenters. The van der Waals surface area contributed by atoms with Gasteiger partial charge in [-0.25, -0.2) is 0 Å². The number of likely N-dealkylation sites (tertiary alicyclic amines) is 1. The number of fused-ring (bicyclic) bond motifs is 3. The first-order chi connectivity index (χ1) is 20.5. The molecule has 2 fully saturated rings. The highest BCUT2D eigenvalue weighted by molar-refractivity contribution is 8.02. The van der Waals surface area contributed by atoms with E-state index in [2.05, 4.69) is 6.08 Å². The van der Waals surface area contributed by atoms with E-state index in [1.54, 1.807) is 9.80 Å². The zero-order chi connectivity index (χ0) is 28.8. The summed E-state index contributed by atoms with van der Waals surface area (Å²) in [4.78, 5) is 46.3. The molecule has 4 aliphatic rings. The number of anilines is 1. The standard InChI is InChI=1S/C34H32N2O5S/c37-21-26(23-11-3-1-4-12-23)36-30-32(39)35(25-16-15-22-10-6-7-13-24(22)20-25)18-9-17-34(30)29(31(36)38)28-27(42-34)14-5-2-8-19-41-33(28)40/h1,3-7,9-17,20,26-30,37H,2,8,18-19,21H2/b14-5-/t26-,27-,28+,29+,30?,34+/m1/s1. The number of hydrogen-bond acceptors (Lipinski definition) is 6. The molecule has 1 spiro atoms. The van der Waals surface area contributed by atoms with Gasteiger partial charge in [0.05, 0.1) is 35.8 Å². The summed E-state index contributed by atoms with van der Waals surface area (Å²) in [5.74, 6) is -2.46. The van der Waals surface area contributed by atoms with Crippen molar-refractivity contribution in [3.8, 4) is 0 Å². The summed E-state index contributed by atoms with van der Waals surface area (Å²) >= 11 is 1.51. The van der Waals surface area contributed by atoms with Gasteiger partial charge in [-0.1, -0.05) is 85.0 Å². The molecule has 0 bridgehead atoms. The van der Waals surface area contributed by atoms with Crippen LogP contribution < -0.4 is 4.90 Å². The van der Waals surface area contributed by atoms with Gasteiger partial charge in [0.15, 0.2) is 0 Å². The average Bonchev–Trinajstić information content (AvgIpc) is 3.43. The minimum Gasteiger partial charge on any atom is -0.465 e. The van der Waals surface area contributed by atoms with Gasteiger partial charge in [-0.3, -0.25) is 14.4 Å². The molecule has 0 saturated carbocycles. The largest absolute Gasteiger partial charge is 0.465 e. The Bertz CT molecular complexity index is 1610. The van der Waals surface area contributed by atoms with E-state index in [1.807, 2.05) is 91.0 Å². The molecule has 7 rings (SSSR count). The number of aliphatic hydroxyl groups excluding tert-OH is 1. The molecule has 0 radical (unpaired) electrons. The Morgan fingerprint density at radius 3 is 2.55 bits per heavy atom. The van der Waals surface area contributed by atoms with Crippen LogP contribution in [0.15, 0.2) is 97.1 Å². The number of aliphatic hydroxyl groups is 1. The quantitative estimate of drug-likeness (QED) is 0.357. The van der Waals surface area contributed by atoms with Crippen LogP contribution in [0.5, 0.6) is 0 Å². The van der Waals surface area contributed by atoms with Crippen molar-refractivity contribution < 1.29 is 24.2 Å². The van der Waals surface area contributed by atoms with Gasteiger partial charge in [0.2, 0.25) is 5.91 Å². The van der Waals surface area contributed by atoms with E-state index in [0.717, 1.165) is 34.9 Å². The number of amides is 2. The third-order valence-corrected chi connectivity index (χ3v) is 10.8. The molecule has 2 saturated heterocycles. The molecule has 0 aromatic heterocycles. The third-order valence-electron chi connectivity index (χ3n) is 9.03. The summed E-state index contributed by atoms with van der Waals surface area (Å²) in [6, 6.07) is 21.6. The maximum absolute atomic E-state index is 14.8. The van der Waals surface area contributed by atoms with Crippen LogP contribution in [0.3, 0.4) is 0 Å². The van der Waals surface area contributed by atoms with Gasteiger partial charge in [0.25, 0.3) is 5.91 Å². The van der Waals surface area contributed by atoms with Gasteiger partial charge in [-0.2, -0.15) is 0 Å². The van der Waals surface area contributed by atoms with Gasteiger partial charge in [-0.05, 0) is 41.3 Å². The van der Waals surface area contributed by atoms with Crippen molar-refractivity contribution in [1.29, 1.82) is 0 Å². The Morgan fingerprint density at radius 2 is 1.74 bits per heavy atom. The number of thioether (sulfide) groups is 1. The molecular weight excluding hydrogens is 548 g/mol. The number of rotatable bonds is 4. The van der Waals surface area contributed by atoms with Crippen LogP contribution in [0.25, 0.3) is 10.8 Å². The summed E-state index contributed by atoms with van der Waals surface area (Å²) in [6.45, 7) is 0.270. The highest BCUT2D eigenvalue weighted by Crippen LogP contribution is 2.62. The second-order valence-corrected chi connectivity index (χ2v) is 12.8. The molecule has 6 atom stereocenters. The second kappa shape index (κ2) is 10.7. The van der Waals surface area contributed by atoms with Crippen LogP contribution in [0.4, 0.5) is 5.69 Å². The van der Waals surface area contributed by atoms with Gasteiger partial charge < -0.3 is 19.6 Å². The van der Waals surface area contributed by atoms with Gasteiger partial charge in [0.1, 0.15) is 6.04 Å². The number of hydrogen-bond donors (Lipinski definition) is 1. The molecular formula is C34H32N2O5S. The van der Waals surface area contributed by atoms with Crippen molar-refractivity contribution in [2.24, 2.45) is 11.8 Å². The minimum atomic E-state index is -1.00. The first kappa shape index (κ1) is 27.0. The Labute approximate surface area is 248 Å². The van der Waals surface area contributed by atoms with Crippen molar-refractivity contribution in [3.63, 3.8) is 0 Å². The number of carbonyl (C=O) groups excluding carboxylic acids is 3. The normalized spacial score (nSPS) is 30.5. The number of carbonyl (C=O) groups is 3. The number of benzene rings is 3. The molecule has 7 nitrogen and oxygen atoms in total. The number of ether oxygens (including phenoxy) is 1. The summed E-state index contributed by atoms with van der Waals surface area (Å²) in [6.07, 6.45) is 9.54. The summed E-state index contributed by atoms with van der Waals surface area (Å²) in [5, 5.41) is 12.5. The van der Waals surface area contributed by atoms with Crippen molar-refractivity contribution in [2.45, 2.75) is 34.9 Å². The molecule has 3 aromatic carbocycles. The van der Waals surface area contributed by atoms with Crippen molar-refractivity contribution in [2.75, 3.05) is 24.7 Å². The zero-order valence-electron chi connectivity index (χ0n) is 23.0. The molecule has 214 valence electrons. The van der Waals surface area contributed by atoms with E-state index in [1.165, 1.54) is 11.8 Å². The SMILES string of the molecule is O=C1OCCC/C=C\[C@H]2S[C@]34C=CCN(c5ccc6ccccc6c5)C(=O)C3N([C@H](CO)c3ccccc3)C(=O)[C@@H]4[C@@H]12. The molecule has 42 heavy (non-hydrogen) atoms. The molecule has 3 aromatic rings. The van der Waals surface area contributed by atoms with Crippen LogP contribution in [0.1, 0.15) is 24.4 Å². The van der Waals surface area contributed by atoms with E-state index >= 15 is 0 Å². The summed E-state index contributed by atoms with van der Waals surface area (Å²) in [5.41, 5.74) is 1.47. The average molecular weight is 581 g/mol. The van der Waals surface area contributed by atoms with Crippen molar-refractivity contribution in [1.82, 2.24) is 4.90 Å². The lowest BCUT2D eigenvalue weighted by Crippen LogP contribution is -2.54. The van der Waals surface area contributed by atoms with Gasteiger partial charge in [-0.15, -0.1) is 11.8 Å². The van der Waals surface area contributed by atoms with E-state index < -0.39 is 34.6 Å². The zero-order valence-corrected chi connectivity index (χ0v) is 23.9. The van der Waals surface area contributed by atoms with Crippen LogP contribution >= 0.6 is 11.8 Å². The number of allylic oxidation sites excluding steroid dienone is 1. The third kappa shape index (κ3) is 4.19. The molecule has 4 aliphatic heterocycles. The number of cyclic esters (lactones) is 1. The van der Waals surface area contributed by atoms with Gasteiger partial charge >= 0.3 is 5.97 Å².